The van der Waals surface area contributed by atoms with Gasteiger partial charge in [0.05, 0.1) is 33.1 Å². The van der Waals surface area contributed by atoms with Gasteiger partial charge < -0.3 is 9.47 Å². The van der Waals surface area contributed by atoms with Gasteiger partial charge in [-0.1, -0.05) is 30.3 Å². The van der Waals surface area contributed by atoms with E-state index in [1.807, 2.05) is 30.3 Å². The molecule has 120 valence electrons. The van der Waals surface area contributed by atoms with Crippen LogP contribution in [0.2, 0.25) is 0 Å². The normalized spacial score (nSPS) is 10.1. The fourth-order valence-corrected chi connectivity index (χ4v) is 1.75. The Labute approximate surface area is 128 Å². The highest BCUT2D eigenvalue weighted by molar-refractivity contribution is 5.74. The Morgan fingerprint density at radius 2 is 1.64 bits per heavy atom. The lowest BCUT2D eigenvalue weighted by Crippen LogP contribution is -2.38. The van der Waals surface area contributed by atoms with Crippen molar-refractivity contribution in [2.75, 3.05) is 14.2 Å². The van der Waals surface area contributed by atoms with Gasteiger partial charge in [-0.05, 0) is 5.56 Å². The van der Waals surface area contributed by atoms with E-state index < -0.39 is 18.0 Å². The monoisotopic (exact) mass is 309 g/mol. The van der Waals surface area contributed by atoms with Crippen molar-refractivity contribution in [3.63, 3.8) is 0 Å². The summed E-state index contributed by atoms with van der Waals surface area (Å²) in [6.45, 7) is 0.137. The Balaban J connectivity index is 2.71. The summed E-state index contributed by atoms with van der Waals surface area (Å²) in [6.07, 6.45) is 0.0950. The van der Waals surface area contributed by atoms with Crippen LogP contribution in [-0.2, 0) is 35.3 Å². The molecule has 7 heteroatoms. The Bertz CT molecular complexity index is 472. The second kappa shape index (κ2) is 9.51. The SMILES string of the molecule is COC(=O)CC(CC(=O)OC)N(C=O)OCc1ccccc1. The van der Waals surface area contributed by atoms with Crippen LogP contribution >= 0.6 is 0 Å². The van der Waals surface area contributed by atoms with Crippen LogP contribution in [0, 0.1) is 0 Å². The summed E-state index contributed by atoms with van der Waals surface area (Å²) in [5.41, 5.74) is 0.851. The standard InChI is InChI=1S/C15H19NO6/c1-20-14(18)8-13(9-15(19)21-2)16(11-17)22-10-12-6-4-3-5-7-12/h3-7,11,13H,8-10H2,1-2H3. The summed E-state index contributed by atoms with van der Waals surface area (Å²) in [7, 11) is 2.46. The highest BCUT2D eigenvalue weighted by Crippen LogP contribution is 2.12. The topological polar surface area (TPSA) is 82.1 Å². The summed E-state index contributed by atoms with van der Waals surface area (Å²) in [5.74, 6) is -1.10. The first-order chi connectivity index (χ1) is 10.6. The predicted octanol–water partition coefficient (Wildman–Crippen LogP) is 1.07. The molecule has 0 aliphatic carbocycles. The molecule has 7 nitrogen and oxygen atoms in total. The number of amides is 1. The van der Waals surface area contributed by atoms with Crippen molar-refractivity contribution < 1.29 is 28.7 Å². The lowest BCUT2D eigenvalue weighted by molar-refractivity contribution is -0.197. The number of ether oxygens (including phenoxy) is 2. The molecule has 1 amide bonds. The maximum atomic E-state index is 11.4. The molecule has 0 aromatic heterocycles. The Morgan fingerprint density at radius 1 is 1.09 bits per heavy atom. The zero-order chi connectivity index (χ0) is 16.4. The van der Waals surface area contributed by atoms with Crippen LogP contribution in [0.4, 0.5) is 0 Å². The highest BCUT2D eigenvalue weighted by atomic mass is 16.7. The van der Waals surface area contributed by atoms with Crippen molar-refractivity contribution in [3.8, 4) is 0 Å². The van der Waals surface area contributed by atoms with Gasteiger partial charge in [0, 0.05) is 0 Å². The van der Waals surface area contributed by atoms with E-state index in [1.54, 1.807) is 0 Å². The number of esters is 2. The number of rotatable bonds is 9. The maximum Gasteiger partial charge on any atom is 0.307 e. The highest BCUT2D eigenvalue weighted by Gasteiger charge is 2.25. The van der Waals surface area contributed by atoms with Crippen molar-refractivity contribution in [1.29, 1.82) is 0 Å². The molecule has 0 saturated heterocycles. The van der Waals surface area contributed by atoms with Gasteiger partial charge in [-0.25, -0.2) is 5.06 Å². The van der Waals surface area contributed by atoms with Gasteiger partial charge in [0.1, 0.15) is 6.61 Å². The van der Waals surface area contributed by atoms with Crippen LogP contribution in [0.15, 0.2) is 30.3 Å². The van der Waals surface area contributed by atoms with E-state index in [2.05, 4.69) is 9.47 Å². The molecule has 0 spiro atoms. The van der Waals surface area contributed by atoms with Crippen LogP contribution in [-0.4, -0.2) is 43.7 Å². The first-order valence-electron chi connectivity index (χ1n) is 6.64. The number of carbonyl (C=O) groups excluding carboxylic acids is 3. The largest absolute Gasteiger partial charge is 0.469 e. The number of hydrogen-bond acceptors (Lipinski definition) is 6. The number of nitrogens with zero attached hydrogens (tertiary/aromatic N) is 1. The molecule has 0 bridgehead atoms. The second-order valence-corrected chi connectivity index (χ2v) is 4.44. The van der Waals surface area contributed by atoms with Crippen LogP contribution in [0.3, 0.4) is 0 Å². The fourth-order valence-electron chi connectivity index (χ4n) is 1.75. The number of hydroxylamine groups is 2. The molecule has 0 unspecified atom stereocenters. The summed E-state index contributed by atoms with van der Waals surface area (Å²) in [5, 5.41) is 0.945. The summed E-state index contributed by atoms with van der Waals surface area (Å²) >= 11 is 0. The van der Waals surface area contributed by atoms with Crippen molar-refractivity contribution in [3.05, 3.63) is 35.9 Å². The Morgan fingerprint density at radius 3 is 2.09 bits per heavy atom. The lowest BCUT2D eigenvalue weighted by Gasteiger charge is -2.25. The quantitative estimate of drug-likeness (QED) is 0.385. The summed E-state index contributed by atoms with van der Waals surface area (Å²) in [4.78, 5) is 39.4. The van der Waals surface area contributed by atoms with Crippen molar-refractivity contribution >= 4 is 18.3 Å². The molecular weight excluding hydrogens is 290 g/mol. The molecule has 22 heavy (non-hydrogen) atoms. The third kappa shape index (κ3) is 5.92. The van der Waals surface area contributed by atoms with Gasteiger partial charge in [0.15, 0.2) is 0 Å². The molecule has 0 N–H and O–H groups in total. The molecule has 0 fully saturated rings. The maximum absolute atomic E-state index is 11.4. The number of benzene rings is 1. The van der Waals surface area contributed by atoms with E-state index in [4.69, 9.17) is 4.84 Å². The fraction of sp³-hybridized carbons (Fsp3) is 0.400. The summed E-state index contributed by atoms with van der Waals surface area (Å²) in [6, 6.07) is 8.41. The number of carbonyl (C=O) groups is 3. The number of hydrogen-bond donors (Lipinski definition) is 0. The predicted molar refractivity (Wildman–Crippen MR) is 76.2 cm³/mol. The molecule has 1 aromatic carbocycles. The van der Waals surface area contributed by atoms with Gasteiger partial charge in [0.25, 0.3) is 0 Å². The average molecular weight is 309 g/mol. The first-order valence-corrected chi connectivity index (χ1v) is 6.64. The first kappa shape index (κ1) is 17.6. The minimum absolute atomic E-state index is 0.137. The smallest absolute Gasteiger partial charge is 0.307 e. The van der Waals surface area contributed by atoms with E-state index >= 15 is 0 Å². The van der Waals surface area contributed by atoms with Gasteiger partial charge in [-0.15, -0.1) is 0 Å². The van der Waals surface area contributed by atoms with Gasteiger partial charge in [-0.2, -0.15) is 0 Å². The minimum Gasteiger partial charge on any atom is -0.469 e. The molecule has 0 radical (unpaired) electrons. The zero-order valence-electron chi connectivity index (χ0n) is 12.6. The lowest BCUT2D eigenvalue weighted by atomic mass is 10.1. The van der Waals surface area contributed by atoms with Crippen LogP contribution < -0.4 is 0 Å². The van der Waals surface area contributed by atoms with Gasteiger partial charge >= 0.3 is 11.9 Å². The van der Waals surface area contributed by atoms with Crippen molar-refractivity contribution in [2.45, 2.75) is 25.5 Å². The Hall–Kier alpha value is -2.41. The average Bonchev–Trinajstić information content (AvgIpc) is 2.55. The van der Waals surface area contributed by atoms with Crippen molar-refractivity contribution in [2.24, 2.45) is 0 Å². The van der Waals surface area contributed by atoms with Crippen LogP contribution in [0.1, 0.15) is 18.4 Å². The summed E-state index contributed by atoms with van der Waals surface area (Å²) < 4.78 is 9.13. The van der Waals surface area contributed by atoms with E-state index in [0.29, 0.717) is 6.41 Å². The van der Waals surface area contributed by atoms with E-state index in [9.17, 15) is 14.4 Å². The molecule has 0 saturated carbocycles. The minimum atomic E-state index is -0.791. The van der Waals surface area contributed by atoms with Crippen molar-refractivity contribution in [1.82, 2.24) is 5.06 Å². The second-order valence-electron chi connectivity index (χ2n) is 4.44. The molecular formula is C15H19NO6. The van der Waals surface area contributed by atoms with Crippen LogP contribution in [0.5, 0.6) is 0 Å². The molecule has 1 aromatic rings. The van der Waals surface area contributed by atoms with E-state index in [-0.39, 0.29) is 19.4 Å². The molecule has 0 atom stereocenters. The van der Waals surface area contributed by atoms with Crippen LogP contribution in [0.25, 0.3) is 0 Å². The third-order valence-electron chi connectivity index (χ3n) is 2.95. The molecule has 0 heterocycles. The molecule has 0 aliphatic heterocycles. The van der Waals surface area contributed by atoms with E-state index in [0.717, 1.165) is 10.6 Å². The number of methoxy groups -OCH3 is 2. The zero-order valence-corrected chi connectivity index (χ0v) is 12.6. The molecule has 0 aliphatic rings. The molecule has 1 rings (SSSR count). The van der Waals surface area contributed by atoms with Gasteiger partial charge in [-0.3, -0.25) is 19.2 Å². The Kier molecular flexibility index (Phi) is 7.63. The van der Waals surface area contributed by atoms with Gasteiger partial charge in [0.2, 0.25) is 6.41 Å². The van der Waals surface area contributed by atoms with E-state index in [1.165, 1.54) is 14.2 Å². The third-order valence-corrected chi connectivity index (χ3v) is 2.95.